The van der Waals surface area contributed by atoms with Crippen LogP contribution in [0.25, 0.3) is 0 Å². The maximum atomic E-state index is 2.29. The van der Waals surface area contributed by atoms with E-state index >= 15 is 0 Å². The van der Waals surface area contributed by atoms with Gasteiger partial charge in [-0.05, 0) is 19.3 Å². The molecule has 106 valence electrons. The molecule has 0 rings (SSSR count). The molecule has 0 aromatic rings. The minimum atomic E-state index is 1.32. The molecule has 0 aliphatic carbocycles. The summed E-state index contributed by atoms with van der Waals surface area (Å²) < 4.78 is 0. The first-order chi connectivity index (χ1) is 8.26. The second-order valence-corrected chi connectivity index (χ2v) is 5.06. The van der Waals surface area contributed by atoms with E-state index in [0.717, 1.165) is 0 Å². The molecule has 0 heterocycles. The van der Waals surface area contributed by atoms with Crippen LogP contribution < -0.4 is 4.90 Å². The zero-order valence-electron chi connectivity index (χ0n) is 13.3. The number of rotatable bonds is 10. The molecule has 0 atom stereocenters. The van der Waals surface area contributed by atoms with Gasteiger partial charge in [-0.2, -0.15) is 0 Å². The van der Waals surface area contributed by atoms with Crippen LogP contribution in [0.5, 0.6) is 0 Å². The Kier molecular flexibility index (Phi) is 20.8. The molecule has 1 N–H and O–H groups in total. The summed E-state index contributed by atoms with van der Waals surface area (Å²) in [6.45, 7) is 15.4. The highest BCUT2D eigenvalue weighted by atomic mass is 15.1. The lowest BCUT2D eigenvalue weighted by Gasteiger charge is -2.18. The molecule has 0 unspecified atom stereocenters. The summed E-state index contributed by atoms with van der Waals surface area (Å²) in [6.07, 6.45) is 10.9. The van der Waals surface area contributed by atoms with E-state index in [1.165, 1.54) is 71.0 Å². The van der Waals surface area contributed by atoms with Crippen LogP contribution in [0.3, 0.4) is 0 Å². The minimum absolute atomic E-state index is 1.32. The fourth-order valence-electron chi connectivity index (χ4n) is 1.66. The van der Waals surface area contributed by atoms with E-state index in [2.05, 4.69) is 34.6 Å². The summed E-state index contributed by atoms with van der Waals surface area (Å²) in [5.74, 6) is 0. The Balaban J connectivity index is 0. The highest BCUT2D eigenvalue weighted by molar-refractivity contribution is 4.37. The van der Waals surface area contributed by atoms with E-state index in [1.807, 2.05) is 4.90 Å². The molecule has 0 aliphatic rings. The summed E-state index contributed by atoms with van der Waals surface area (Å²) in [5.41, 5.74) is 0. The number of quaternary nitrogens is 1. The van der Waals surface area contributed by atoms with Crippen LogP contribution in [0.2, 0.25) is 0 Å². The smallest absolute Gasteiger partial charge is 0.0770 e. The second-order valence-electron chi connectivity index (χ2n) is 5.06. The normalized spacial score (nSPS) is 10.2. The van der Waals surface area contributed by atoms with Crippen molar-refractivity contribution in [3.8, 4) is 0 Å². The van der Waals surface area contributed by atoms with Gasteiger partial charge in [0.1, 0.15) is 0 Å². The zero-order valence-corrected chi connectivity index (χ0v) is 13.3. The molecule has 1 heteroatoms. The lowest BCUT2D eigenvalue weighted by atomic mass is 10.2. The molecule has 0 amide bonds. The molecule has 0 saturated heterocycles. The Labute approximate surface area is 111 Å². The van der Waals surface area contributed by atoms with Gasteiger partial charge in [-0.3, -0.25) is 0 Å². The SMILES string of the molecule is CCCC.CCCC[NH+](CCCC)CCCC. The van der Waals surface area contributed by atoms with Gasteiger partial charge in [-0.15, -0.1) is 0 Å². The molecule has 0 aromatic heterocycles. The Morgan fingerprint density at radius 2 is 0.765 bits per heavy atom. The summed E-state index contributed by atoms with van der Waals surface area (Å²) >= 11 is 0. The third-order valence-electron chi connectivity index (χ3n) is 3.15. The Morgan fingerprint density at radius 1 is 0.471 bits per heavy atom. The Hall–Kier alpha value is -0.0400. The monoisotopic (exact) mass is 244 g/mol. The number of nitrogens with one attached hydrogen (secondary N) is 1. The second kappa shape index (κ2) is 18.3. The molecule has 0 aliphatic heterocycles. The van der Waals surface area contributed by atoms with Gasteiger partial charge in [0.15, 0.2) is 0 Å². The highest BCUT2D eigenvalue weighted by Gasteiger charge is 2.05. The summed E-state index contributed by atoms with van der Waals surface area (Å²) in [5, 5.41) is 0. The fourth-order valence-corrected chi connectivity index (χ4v) is 1.66. The highest BCUT2D eigenvalue weighted by Crippen LogP contribution is 1.85. The van der Waals surface area contributed by atoms with E-state index < -0.39 is 0 Å². The van der Waals surface area contributed by atoms with Crippen LogP contribution >= 0.6 is 0 Å². The van der Waals surface area contributed by atoms with Gasteiger partial charge < -0.3 is 4.90 Å². The van der Waals surface area contributed by atoms with Crippen LogP contribution in [-0.2, 0) is 0 Å². The van der Waals surface area contributed by atoms with Crippen LogP contribution in [-0.4, -0.2) is 19.6 Å². The first-order valence-electron chi connectivity index (χ1n) is 8.10. The van der Waals surface area contributed by atoms with Crippen molar-refractivity contribution in [1.29, 1.82) is 0 Å². The van der Waals surface area contributed by atoms with Crippen molar-refractivity contribution < 1.29 is 4.90 Å². The zero-order chi connectivity index (χ0) is 13.4. The summed E-state index contributed by atoms with van der Waals surface area (Å²) in [6, 6.07) is 0. The first kappa shape index (κ1) is 19.3. The van der Waals surface area contributed by atoms with Gasteiger partial charge >= 0.3 is 0 Å². The van der Waals surface area contributed by atoms with E-state index in [-0.39, 0.29) is 0 Å². The first-order valence-corrected chi connectivity index (χ1v) is 8.10. The van der Waals surface area contributed by atoms with E-state index in [4.69, 9.17) is 0 Å². The van der Waals surface area contributed by atoms with E-state index in [9.17, 15) is 0 Å². The summed E-state index contributed by atoms with van der Waals surface area (Å²) in [7, 11) is 0. The molecule has 1 nitrogen and oxygen atoms in total. The standard InChI is InChI=1S/C12H27N.C4H10/c1-4-7-10-13(11-8-5-2)12-9-6-3;1-3-4-2/h4-12H2,1-3H3;3-4H2,1-2H3/p+1. The lowest BCUT2D eigenvalue weighted by Crippen LogP contribution is -3.12. The van der Waals surface area contributed by atoms with Crippen molar-refractivity contribution >= 4 is 0 Å². The largest absolute Gasteiger partial charge is 0.335 e. The van der Waals surface area contributed by atoms with Crippen LogP contribution in [0, 0.1) is 0 Å². The van der Waals surface area contributed by atoms with Crippen molar-refractivity contribution in [2.75, 3.05) is 19.6 Å². The van der Waals surface area contributed by atoms with Crippen molar-refractivity contribution in [2.45, 2.75) is 86.0 Å². The molecule has 0 spiro atoms. The molecule has 0 saturated carbocycles. The van der Waals surface area contributed by atoms with Gasteiger partial charge in [0.2, 0.25) is 0 Å². The molecule has 17 heavy (non-hydrogen) atoms. The average molecular weight is 244 g/mol. The molecule has 0 bridgehead atoms. The minimum Gasteiger partial charge on any atom is -0.335 e. The predicted molar refractivity (Wildman–Crippen MR) is 80.9 cm³/mol. The maximum absolute atomic E-state index is 2.29. The molecular formula is C16H38N+. The predicted octanol–water partition coefficient (Wildman–Crippen LogP) is 4.08. The molecular weight excluding hydrogens is 206 g/mol. The van der Waals surface area contributed by atoms with Crippen molar-refractivity contribution in [3.63, 3.8) is 0 Å². The van der Waals surface area contributed by atoms with E-state index in [1.54, 1.807) is 0 Å². The number of hydrogen-bond acceptors (Lipinski definition) is 0. The van der Waals surface area contributed by atoms with Gasteiger partial charge in [-0.25, -0.2) is 0 Å². The third kappa shape index (κ3) is 18.5. The van der Waals surface area contributed by atoms with Gasteiger partial charge in [0.05, 0.1) is 19.6 Å². The summed E-state index contributed by atoms with van der Waals surface area (Å²) in [4.78, 5) is 1.84. The maximum Gasteiger partial charge on any atom is 0.0770 e. The van der Waals surface area contributed by atoms with E-state index in [0.29, 0.717) is 0 Å². The van der Waals surface area contributed by atoms with Gasteiger partial charge in [-0.1, -0.05) is 66.7 Å². The third-order valence-corrected chi connectivity index (χ3v) is 3.15. The van der Waals surface area contributed by atoms with Gasteiger partial charge in [0, 0.05) is 0 Å². The van der Waals surface area contributed by atoms with Gasteiger partial charge in [0.25, 0.3) is 0 Å². The average Bonchev–Trinajstić information content (AvgIpc) is 2.38. The quantitative estimate of drug-likeness (QED) is 0.591. The van der Waals surface area contributed by atoms with Crippen molar-refractivity contribution in [2.24, 2.45) is 0 Å². The number of hydrogen-bond donors (Lipinski definition) is 1. The Bertz CT molecular complexity index is 91.1. The number of unbranched alkanes of at least 4 members (excludes halogenated alkanes) is 4. The fraction of sp³-hybridized carbons (Fsp3) is 1.00. The van der Waals surface area contributed by atoms with Crippen LogP contribution in [0.1, 0.15) is 86.0 Å². The lowest BCUT2D eigenvalue weighted by molar-refractivity contribution is -0.900. The molecule has 0 radical (unpaired) electrons. The molecule has 0 aromatic carbocycles. The van der Waals surface area contributed by atoms with Crippen molar-refractivity contribution in [1.82, 2.24) is 0 Å². The van der Waals surface area contributed by atoms with Crippen molar-refractivity contribution in [3.05, 3.63) is 0 Å². The Morgan fingerprint density at radius 3 is 0.941 bits per heavy atom. The molecule has 0 fully saturated rings. The topological polar surface area (TPSA) is 4.44 Å². The van der Waals surface area contributed by atoms with Crippen LogP contribution in [0.4, 0.5) is 0 Å². The van der Waals surface area contributed by atoms with Crippen LogP contribution in [0.15, 0.2) is 0 Å².